The zero-order valence-electron chi connectivity index (χ0n) is 13.5. The minimum absolute atomic E-state index is 0.0326. The van der Waals surface area contributed by atoms with Crippen LogP contribution in [0.1, 0.15) is 26.5 Å². The maximum Gasteiger partial charge on any atom is 0.274 e. The van der Waals surface area contributed by atoms with Crippen molar-refractivity contribution in [3.63, 3.8) is 0 Å². The standard InChI is InChI=1S/C14H27N3O3S/c1-11(2)8-15-10-13-6-7-14(20-13)21(18,19)16-9-12(3)17(4)5/h6-7,11-12,15-16H,8-10H2,1-5H3. The van der Waals surface area contributed by atoms with Crippen molar-refractivity contribution in [1.29, 1.82) is 0 Å². The molecule has 0 aliphatic rings. The number of sulfonamides is 1. The first-order valence-electron chi connectivity index (χ1n) is 7.18. The van der Waals surface area contributed by atoms with E-state index in [9.17, 15) is 8.42 Å². The maximum atomic E-state index is 12.1. The van der Waals surface area contributed by atoms with Crippen molar-refractivity contribution in [2.75, 3.05) is 27.2 Å². The number of rotatable bonds is 9. The van der Waals surface area contributed by atoms with Gasteiger partial charge in [-0.25, -0.2) is 13.1 Å². The maximum absolute atomic E-state index is 12.1. The summed E-state index contributed by atoms with van der Waals surface area (Å²) in [6.45, 7) is 7.91. The minimum Gasteiger partial charge on any atom is -0.447 e. The number of likely N-dealkylation sites (N-methyl/N-ethyl adjacent to an activating group) is 1. The van der Waals surface area contributed by atoms with Crippen molar-refractivity contribution in [1.82, 2.24) is 14.9 Å². The summed E-state index contributed by atoms with van der Waals surface area (Å²) in [5.74, 6) is 1.16. The molecule has 21 heavy (non-hydrogen) atoms. The van der Waals surface area contributed by atoms with Crippen molar-refractivity contribution in [3.8, 4) is 0 Å². The summed E-state index contributed by atoms with van der Waals surface area (Å²) in [7, 11) is 0.234. The van der Waals surface area contributed by atoms with Gasteiger partial charge in [-0.3, -0.25) is 0 Å². The Balaban J connectivity index is 2.57. The highest BCUT2D eigenvalue weighted by Gasteiger charge is 2.19. The van der Waals surface area contributed by atoms with E-state index < -0.39 is 10.0 Å². The molecule has 0 bridgehead atoms. The molecule has 1 atom stereocenters. The smallest absolute Gasteiger partial charge is 0.274 e. The van der Waals surface area contributed by atoms with E-state index in [2.05, 4.69) is 23.9 Å². The van der Waals surface area contributed by atoms with E-state index in [1.54, 1.807) is 6.07 Å². The second-order valence-corrected chi connectivity index (χ2v) is 7.61. The molecule has 0 radical (unpaired) electrons. The molecule has 0 saturated carbocycles. The Labute approximate surface area is 127 Å². The Morgan fingerprint density at radius 2 is 1.86 bits per heavy atom. The summed E-state index contributed by atoms with van der Waals surface area (Å²) >= 11 is 0. The highest BCUT2D eigenvalue weighted by atomic mass is 32.2. The predicted octanol–water partition coefficient (Wildman–Crippen LogP) is 1.25. The number of nitrogens with one attached hydrogen (secondary N) is 2. The van der Waals surface area contributed by atoms with Crippen LogP contribution in [0.5, 0.6) is 0 Å². The predicted molar refractivity (Wildman–Crippen MR) is 83.6 cm³/mol. The van der Waals surface area contributed by atoms with E-state index in [1.807, 2.05) is 25.9 Å². The van der Waals surface area contributed by atoms with Gasteiger partial charge in [0.25, 0.3) is 10.0 Å². The van der Waals surface area contributed by atoms with E-state index >= 15 is 0 Å². The largest absolute Gasteiger partial charge is 0.447 e. The average Bonchev–Trinajstić information content (AvgIpc) is 2.85. The zero-order valence-corrected chi connectivity index (χ0v) is 14.3. The molecule has 1 aromatic rings. The molecule has 1 heterocycles. The Hall–Kier alpha value is -0.890. The van der Waals surface area contributed by atoms with Crippen LogP contribution in [0.15, 0.2) is 21.6 Å². The lowest BCUT2D eigenvalue weighted by atomic mass is 10.2. The van der Waals surface area contributed by atoms with E-state index in [-0.39, 0.29) is 11.1 Å². The first kappa shape index (κ1) is 18.2. The van der Waals surface area contributed by atoms with Crippen LogP contribution in [-0.2, 0) is 16.6 Å². The molecule has 0 aliphatic carbocycles. The molecule has 0 fully saturated rings. The van der Waals surface area contributed by atoms with Gasteiger partial charge < -0.3 is 14.6 Å². The summed E-state index contributed by atoms with van der Waals surface area (Å²) in [5, 5.41) is 3.18. The normalized spacial score (nSPS) is 14.0. The second kappa shape index (κ2) is 7.93. The number of hydrogen-bond acceptors (Lipinski definition) is 5. The van der Waals surface area contributed by atoms with Crippen LogP contribution in [0.25, 0.3) is 0 Å². The summed E-state index contributed by atoms with van der Waals surface area (Å²) in [6.07, 6.45) is 0. The molecule has 1 aromatic heterocycles. The molecular weight excluding hydrogens is 290 g/mol. The van der Waals surface area contributed by atoms with Gasteiger partial charge in [-0.2, -0.15) is 0 Å². The molecule has 0 saturated heterocycles. The van der Waals surface area contributed by atoms with Crippen LogP contribution in [0.4, 0.5) is 0 Å². The van der Waals surface area contributed by atoms with Crippen molar-refractivity contribution in [2.45, 2.75) is 38.5 Å². The van der Waals surface area contributed by atoms with E-state index in [0.29, 0.717) is 24.8 Å². The fourth-order valence-corrected chi connectivity index (χ4v) is 2.63. The van der Waals surface area contributed by atoms with Gasteiger partial charge >= 0.3 is 0 Å². The van der Waals surface area contributed by atoms with E-state index in [1.165, 1.54) is 6.07 Å². The third-order valence-electron chi connectivity index (χ3n) is 3.20. The molecule has 0 aliphatic heterocycles. The molecular formula is C14H27N3O3S. The minimum atomic E-state index is -3.58. The molecule has 0 aromatic carbocycles. The van der Waals surface area contributed by atoms with Gasteiger partial charge in [-0.15, -0.1) is 0 Å². The van der Waals surface area contributed by atoms with Crippen LogP contribution >= 0.6 is 0 Å². The number of furan rings is 1. The average molecular weight is 317 g/mol. The third kappa shape index (κ3) is 6.17. The topological polar surface area (TPSA) is 74.6 Å². The van der Waals surface area contributed by atoms with Crippen molar-refractivity contribution < 1.29 is 12.8 Å². The molecule has 122 valence electrons. The number of nitrogens with zero attached hydrogens (tertiary/aromatic N) is 1. The van der Waals surface area contributed by atoms with Gasteiger partial charge in [0.1, 0.15) is 5.76 Å². The fourth-order valence-electron chi connectivity index (χ4n) is 1.57. The van der Waals surface area contributed by atoms with Gasteiger partial charge in [0.2, 0.25) is 5.09 Å². The summed E-state index contributed by atoms with van der Waals surface area (Å²) < 4.78 is 32.2. The second-order valence-electron chi connectivity index (χ2n) is 5.91. The van der Waals surface area contributed by atoms with Crippen molar-refractivity contribution in [3.05, 3.63) is 17.9 Å². The molecule has 7 heteroatoms. The molecule has 2 N–H and O–H groups in total. The van der Waals surface area contributed by atoms with Crippen molar-refractivity contribution in [2.24, 2.45) is 5.92 Å². The molecule has 1 rings (SSSR count). The van der Waals surface area contributed by atoms with Crippen LogP contribution in [0.2, 0.25) is 0 Å². The van der Waals surface area contributed by atoms with Crippen LogP contribution in [0.3, 0.4) is 0 Å². The van der Waals surface area contributed by atoms with Crippen LogP contribution in [0, 0.1) is 5.92 Å². The lowest BCUT2D eigenvalue weighted by Gasteiger charge is -2.19. The van der Waals surface area contributed by atoms with Crippen LogP contribution in [-0.4, -0.2) is 46.5 Å². The summed E-state index contributed by atoms with van der Waals surface area (Å²) in [6, 6.07) is 3.30. The van der Waals surface area contributed by atoms with Gasteiger partial charge in [-0.1, -0.05) is 13.8 Å². The first-order chi connectivity index (χ1) is 9.72. The molecule has 1 unspecified atom stereocenters. The highest BCUT2D eigenvalue weighted by Crippen LogP contribution is 2.13. The third-order valence-corrected chi connectivity index (χ3v) is 4.50. The molecule has 6 nitrogen and oxygen atoms in total. The molecule has 0 spiro atoms. The van der Waals surface area contributed by atoms with E-state index in [0.717, 1.165) is 6.54 Å². The van der Waals surface area contributed by atoms with Gasteiger partial charge in [0.05, 0.1) is 6.54 Å². The Morgan fingerprint density at radius 1 is 1.19 bits per heavy atom. The lowest BCUT2D eigenvalue weighted by Crippen LogP contribution is -2.38. The Bertz CT molecular complexity index is 523. The summed E-state index contributed by atoms with van der Waals surface area (Å²) in [5.41, 5.74) is 0. The monoisotopic (exact) mass is 317 g/mol. The highest BCUT2D eigenvalue weighted by molar-refractivity contribution is 7.89. The van der Waals surface area contributed by atoms with Gasteiger partial charge in [0, 0.05) is 12.6 Å². The Kier molecular flexibility index (Phi) is 6.86. The Morgan fingerprint density at radius 3 is 2.43 bits per heavy atom. The van der Waals surface area contributed by atoms with Crippen LogP contribution < -0.4 is 10.0 Å². The SMILES string of the molecule is CC(C)CNCc1ccc(S(=O)(=O)NCC(C)N(C)C)o1. The van der Waals surface area contributed by atoms with Gasteiger partial charge in [0.15, 0.2) is 0 Å². The molecule has 0 amide bonds. The summed E-state index contributed by atoms with van der Waals surface area (Å²) in [4.78, 5) is 1.95. The first-order valence-corrected chi connectivity index (χ1v) is 8.66. The quantitative estimate of drug-likeness (QED) is 0.717. The lowest BCUT2D eigenvalue weighted by molar-refractivity contribution is 0.312. The van der Waals surface area contributed by atoms with Gasteiger partial charge in [-0.05, 0) is 45.6 Å². The fraction of sp³-hybridized carbons (Fsp3) is 0.714. The number of hydrogen-bond donors (Lipinski definition) is 2. The van der Waals surface area contributed by atoms with Crippen molar-refractivity contribution >= 4 is 10.0 Å². The zero-order chi connectivity index (χ0) is 16.0. The van der Waals surface area contributed by atoms with E-state index in [4.69, 9.17) is 4.42 Å².